The van der Waals surface area contributed by atoms with Gasteiger partial charge < -0.3 is 44.6 Å². The number of aliphatic hydroxyl groups excluding tert-OH is 5. The Labute approximate surface area is 370 Å². The van der Waals surface area contributed by atoms with Gasteiger partial charge in [-0.15, -0.1) is 0 Å². The van der Waals surface area contributed by atoms with Crippen molar-refractivity contribution in [3.63, 3.8) is 0 Å². The smallest absolute Gasteiger partial charge is 0.462 e. The molecule has 14 nitrogen and oxygen atoms in total. The van der Waals surface area contributed by atoms with Crippen molar-refractivity contribution in [3.05, 3.63) is 60.8 Å². The minimum absolute atomic E-state index is 0.0628. The van der Waals surface area contributed by atoms with Crippen LogP contribution in [0.25, 0.3) is 0 Å². The highest BCUT2D eigenvalue weighted by molar-refractivity contribution is 7.47. The Bertz CT molecular complexity index is 1380. The van der Waals surface area contributed by atoms with Crippen LogP contribution in [0, 0.1) is 0 Å². The first-order valence-electron chi connectivity index (χ1n) is 23.2. The van der Waals surface area contributed by atoms with Crippen molar-refractivity contribution in [3.8, 4) is 0 Å². The number of phosphoric acid groups is 1. The monoisotopic (exact) mass is 899 g/mol. The van der Waals surface area contributed by atoms with E-state index in [0.717, 1.165) is 70.6 Å². The first-order chi connectivity index (χ1) is 29.9. The summed E-state index contributed by atoms with van der Waals surface area (Å²) in [5, 5.41) is 50.2. The van der Waals surface area contributed by atoms with Crippen LogP contribution in [0.4, 0.5) is 0 Å². The summed E-state index contributed by atoms with van der Waals surface area (Å²) < 4.78 is 39.2. The molecule has 0 amide bonds. The van der Waals surface area contributed by atoms with Crippen LogP contribution in [-0.4, -0.2) is 111 Å². The molecule has 0 aromatic rings. The summed E-state index contributed by atoms with van der Waals surface area (Å²) >= 11 is 0. The summed E-state index contributed by atoms with van der Waals surface area (Å²) in [7, 11) is -5.14. The lowest BCUT2D eigenvalue weighted by Gasteiger charge is -2.41. The molecule has 2 aliphatic rings. The maximum absolute atomic E-state index is 12.8. The molecule has 5 unspecified atom stereocenters. The van der Waals surface area contributed by atoms with E-state index in [0.29, 0.717) is 19.3 Å². The minimum atomic E-state index is -5.14. The van der Waals surface area contributed by atoms with Crippen molar-refractivity contribution < 1.29 is 67.8 Å². The lowest BCUT2D eigenvalue weighted by Crippen LogP contribution is -2.64. The molecule has 10 atom stereocenters. The summed E-state index contributed by atoms with van der Waals surface area (Å²) in [4.78, 5) is 35.7. The Morgan fingerprint density at radius 3 is 1.60 bits per heavy atom. The Kier molecular flexibility index (Phi) is 30.5. The highest BCUT2D eigenvalue weighted by Crippen LogP contribution is 2.47. The number of hydrogen-bond donors (Lipinski definition) is 6. The van der Waals surface area contributed by atoms with Gasteiger partial charge in [0, 0.05) is 12.8 Å². The number of rotatable bonds is 36. The van der Waals surface area contributed by atoms with Gasteiger partial charge in [0.1, 0.15) is 43.2 Å². The lowest BCUT2D eigenvalue weighted by atomic mass is 9.85. The molecule has 15 heteroatoms. The molecule has 0 bridgehead atoms. The van der Waals surface area contributed by atoms with Gasteiger partial charge in [0.2, 0.25) is 0 Å². The third-order valence-corrected chi connectivity index (χ3v) is 11.7. The molecular weight excluding hydrogens is 819 g/mol. The fourth-order valence-corrected chi connectivity index (χ4v) is 7.79. The number of ether oxygens (including phenoxy) is 3. The topological polar surface area (TPSA) is 222 Å². The molecule has 1 aliphatic carbocycles. The van der Waals surface area contributed by atoms with Gasteiger partial charge in [-0.2, -0.15) is 0 Å². The average Bonchev–Trinajstić information content (AvgIpc) is 4.01. The molecule has 6 N–H and O–H groups in total. The van der Waals surface area contributed by atoms with E-state index in [1.165, 1.54) is 38.5 Å². The molecule has 1 aliphatic heterocycles. The number of unbranched alkanes of at least 4 members (excludes halogenated alkanes) is 12. The second-order valence-corrected chi connectivity index (χ2v) is 17.7. The summed E-state index contributed by atoms with van der Waals surface area (Å²) in [5.41, 5.74) is 0. The van der Waals surface area contributed by atoms with Crippen molar-refractivity contribution in [1.29, 1.82) is 0 Å². The summed E-state index contributed by atoms with van der Waals surface area (Å²) in [6.07, 6.45) is 28.7. The number of phosphoric ester groups is 1. The van der Waals surface area contributed by atoms with Crippen LogP contribution in [0.2, 0.25) is 0 Å². The van der Waals surface area contributed by atoms with Gasteiger partial charge in [-0.05, 0) is 83.5 Å². The molecule has 2 rings (SSSR count). The fourth-order valence-electron chi connectivity index (χ4n) is 6.82. The predicted molar refractivity (Wildman–Crippen MR) is 239 cm³/mol. The number of carbonyl (C=O) groups is 2. The van der Waals surface area contributed by atoms with Crippen LogP contribution in [-0.2, 0) is 37.4 Å². The fraction of sp³-hybridized carbons (Fsp3) is 0.745. The molecule has 0 aromatic carbocycles. The molecular formula is C47H79O14P. The van der Waals surface area contributed by atoms with Gasteiger partial charge in [0.25, 0.3) is 0 Å². The highest BCUT2D eigenvalue weighted by atomic mass is 31.2. The van der Waals surface area contributed by atoms with E-state index in [4.69, 9.17) is 23.3 Å². The number of epoxide rings is 1. The maximum atomic E-state index is 12.8. The first-order valence-corrected chi connectivity index (χ1v) is 24.7. The van der Waals surface area contributed by atoms with Gasteiger partial charge in [-0.1, -0.05) is 120 Å². The average molecular weight is 899 g/mol. The molecule has 1 saturated carbocycles. The third-order valence-electron chi connectivity index (χ3n) is 10.7. The summed E-state index contributed by atoms with van der Waals surface area (Å²) in [5.74, 6) is -1.19. The SMILES string of the molecule is CCCCC/C=C\C/C=C\CCCCCCCC(=O)O[C@H](COC(=O)CCC/C=C\CC1OC1C/C=C\C/C=C\CCCCC)COP(=O)(O)OC1[C@H](O)[C@H](O)C(O)[C@H](O)[C@H]1O. The van der Waals surface area contributed by atoms with Crippen LogP contribution in [0.1, 0.15) is 155 Å². The van der Waals surface area contributed by atoms with Crippen LogP contribution >= 0.6 is 7.82 Å². The van der Waals surface area contributed by atoms with Crippen LogP contribution in [0.15, 0.2) is 60.8 Å². The van der Waals surface area contributed by atoms with Gasteiger partial charge in [0.05, 0.1) is 18.8 Å². The van der Waals surface area contributed by atoms with Crippen molar-refractivity contribution in [2.24, 2.45) is 0 Å². The maximum Gasteiger partial charge on any atom is 0.472 e. The zero-order valence-corrected chi connectivity index (χ0v) is 38.2. The number of hydrogen-bond acceptors (Lipinski definition) is 13. The molecule has 1 heterocycles. The largest absolute Gasteiger partial charge is 0.472 e. The Morgan fingerprint density at radius 1 is 0.565 bits per heavy atom. The van der Waals surface area contributed by atoms with Crippen molar-refractivity contribution in [2.75, 3.05) is 13.2 Å². The van der Waals surface area contributed by atoms with Gasteiger partial charge in [-0.3, -0.25) is 18.6 Å². The van der Waals surface area contributed by atoms with Crippen molar-refractivity contribution in [2.45, 2.75) is 210 Å². The molecule has 62 heavy (non-hydrogen) atoms. The van der Waals surface area contributed by atoms with Crippen molar-refractivity contribution in [1.82, 2.24) is 0 Å². The second kappa shape index (κ2) is 33.9. The number of aliphatic hydroxyl groups is 5. The zero-order valence-electron chi connectivity index (χ0n) is 37.3. The number of carbonyl (C=O) groups excluding carboxylic acids is 2. The number of esters is 2. The second-order valence-electron chi connectivity index (χ2n) is 16.3. The van der Waals surface area contributed by atoms with E-state index >= 15 is 0 Å². The van der Waals surface area contributed by atoms with Crippen LogP contribution in [0.5, 0.6) is 0 Å². The van der Waals surface area contributed by atoms with Gasteiger partial charge >= 0.3 is 19.8 Å². The Morgan fingerprint density at radius 2 is 1.02 bits per heavy atom. The highest BCUT2D eigenvalue weighted by Gasteiger charge is 2.51. The molecule has 356 valence electrons. The standard InChI is InChI=1S/C47H79O14P/c1-3-5-7-9-11-13-14-15-16-17-18-20-22-24-30-34-41(49)59-37(36-58-62(55,56)61-47-45(53)43(51)42(50)44(52)46(47)54)35-57-40(48)33-29-26-25-28-32-39-38(60-39)31-27-23-21-19-12-10-8-6-4-2/h11-13,15-16,19,23,25,27-28,37-39,42-47,50-54H,3-10,14,17-18,20-22,24,26,29-36H2,1-2H3,(H,55,56)/b13-11-,16-15-,19-12-,27-23-,28-25-/t37-,38?,39?,42?,43-,44+,45-,46-,47?/m1/s1. The van der Waals surface area contributed by atoms with E-state index in [9.17, 15) is 44.6 Å². The molecule has 0 radical (unpaired) electrons. The zero-order chi connectivity index (χ0) is 45.4. The Hall–Kier alpha value is -2.49. The van der Waals surface area contributed by atoms with Gasteiger partial charge in [0.15, 0.2) is 6.10 Å². The molecule has 0 spiro atoms. The third kappa shape index (κ3) is 25.7. The summed E-state index contributed by atoms with van der Waals surface area (Å²) in [6, 6.07) is 0. The van der Waals surface area contributed by atoms with E-state index < -0.39 is 75.7 Å². The quantitative estimate of drug-likeness (QED) is 0.0116. The molecule has 2 fully saturated rings. The Balaban J connectivity index is 1.75. The van der Waals surface area contributed by atoms with Crippen molar-refractivity contribution >= 4 is 19.8 Å². The van der Waals surface area contributed by atoms with E-state index in [-0.39, 0.29) is 25.0 Å². The van der Waals surface area contributed by atoms with E-state index in [2.05, 4.69) is 62.5 Å². The van der Waals surface area contributed by atoms with Crippen LogP contribution in [0.3, 0.4) is 0 Å². The molecule has 0 aromatic heterocycles. The molecule has 1 saturated heterocycles. The van der Waals surface area contributed by atoms with Crippen LogP contribution < -0.4 is 0 Å². The van der Waals surface area contributed by atoms with E-state index in [1.54, 1.807) is 0 Å². The lowest BCUT2D eigenvalue weighted by molar-refractivity contribution is -0.220. The first kappa shape index (κ1) is 55.6. The van der Waals surface area contributed by atoms with Gasteiger partial charge in [-0.25, -0.2) is 4.57 Å². The normalized spacial score (nSPS) is 25.7. The number of allylic oxidation sites excluding steroid dienone is 8. The summed E-state index contributed by atoms with van der Waals surface area (Å²) in [6.45, 7) is 3.16. The minimum Gasteiger partial charge on any atom is -0.462 e. The van der Waals surface area contributed by atoms with E-state index in [1.807, 2.05) is 12.2 Å². The predicted octanol–water partition coefficient (Wildman–Crippen LogP) is 7.93.